The van der Waals surface area contributed by atoms with E-state index < -0.39 is 21.0 Å². The summed E-state index contributed by atoms with van der Waals surface area (Å²) in [5.41, 5.74) is 0.528. The number of halogens is 1. The lowest BCUT2D eigenvalue weighted by Crippen LogP contribution is -2.32. The molecule has 2 aromatic heterocycles. The molecule has 0 aliphatic heterocycles. The van der Waals surface area contributed by atoms with Crippen LogP contribution in [0.4, 0.5) is 0 Å². The highest BCUT2D eigenvalue weighted by Crippen LogP contribution is 2.30. The maximum atomic E-state index is 12.7. The molecule has 1 N–H and O–H groups in total. The Kier molecular flexibility index (Phi) is 5.33. The Balaban J connectivity index is 2.34. The predicted octanol–water partition coefficient (Wildman–Crippen LogP) is 2.01. The Bertz CT molecular complexity index is 687. The number of aromatic nitrogens is 1. The Morgan fingerprint density at radius 3 is 2.76 bits per heavy atom. The number of hydrogen-bond donors (Lipinski definition) is 1. The van der Waals surface area contributed by atoms with E-state index in [9.17, 15) is 13.2 Å². The molecule has 112 valence electrons. The number of carbonyl (C=O) groups excluding carboxylic acids is 1. The number of sulfone groups is 1. The Hall–Kier alpha value is -1.44. The zero-order valence-electron chi connectivity index (χ0n) is 10.9. The molecule has 0 fully saturated rings. The third kappa shape index (κ3) is 3.81. The van der Waals surface area contributed by atoms with Crippen LogP contribution in [0.15, 0.2) is 46.2 Å². The van der Waals surface area contributed by atoms with Crippen molar-refractivity contribution in [3.8, 4) is 0 Å². The van der Waals surface area contributed by atoms with Gasteiger partial charge in [-0.05, 0) is 23.1 Å². The van der Waals surface area contributed by atoms with Gasteiger partial charge in [-0.25, -0.2) is 8.42 Å². The zero-order chi connectivity index (χ0) is 15.3. The van der Waals surface area contributed by atoms with Crippen LogP contribution in [0, 0.1) is 0 Å². The third-order valence-corrected chi connectivity index (χ3v) is 6.59. The van der Waals surface area contributed by atoms with Crippen LogP contribution in [0.5, 0.6) is 0 Å². The Labute approximate surface area is 131 Å². The summed E-state index contributed by atoms with van der Waals surface area (Å²) in [6, 6.07) is 6.56. The minimum Gasteiger partial charge on any atom is -0.353 e. The molecule has 0 aromatic carbocycles. The summed E-state index contributed by atoms with van der Waals surface area (Å²) in [5, 5.41) is 3.33. The summed E-state index contributed by atoms with van der Waals surface area (Å²) in [4.78, 5) is 15.3. The average Bonchev–Trinajstić information content (AvgIpc) is 3.03. The molecule has 2 aromatic rings. The van der Waals surface area contributed by atoms with Crippen molar-refractivity contribution in [3.63, 3.8) is 0 Å². The van der Waals surface area contributed by atoms with Crippen molar-refractivity contribution in [1.82, 2.24) is 10.3 Å². The van der Waals surface area contributed by atoms with E-state index in [-0.39, 0.29) is 16.6 Å². The molecular formula is C13H13ClN2O3S2. The standard InChI is InChI=1S/C13H13ClN2O3S2/c14-7-12(17)16-9-11(10-3-1-5-15-8-10)21(18,19)13-4-2-6-20-13/h1-6,8,11H,7,9H2,(H,16,17)/t11-/m0/s1. The maximum Gasteiger partial charge on any atom is 0.234 e. The molecule has 0 aliphatic carbocycles. The van der Waals surface area contributed by atoms with Crippen LogP contribution in [0.2, 0.25) is 0 Å². The molecule has 1 amide bonds. The van der Waals surface area contributed by atoms with E-state index in [2.05, 4.69) is 10.3 Å². The molecule has 21 heavy (non-hydrogen) atoms. The van der Waals surface area contributed by atoms with Crippen LogP contribution in [-0.4, -0.2) is 31.7 Å². The predicted molar refractivity (Wildman–Crippen MR) is 82.2 cm³/mol. The van der Waals surface area contributed by atoms with Crippen molar-refractivity contribution in [1.29, 1.82) is 0 Å². The number of amides is 1. The summed E-state index contributed by atoms with van der Waals surface area (Å²) in [6.45, 7) is -0.0442. The van der Waals surface area contributed by atoms with Gasteiger partial charge in [0.05, 0.1) is 0 Å². The molecule has 2 heterocycles. The summed E-state index contributed by atoms with van der Waals surface area (Å²) < 4.78 is 25.6. The number of pyridine rings is 1. The van der Waals surface area contributed by atoms with E-state index in [1.807, 2.05) is 0 Å². The van der Waals surface area contributed by atoms with Gasteiger partial charge in [-0.15, -0.1) is 22.9 Å². The molecule has 5 nitrogen and oxygen atoms in total. The van der Waals surface area contributed by atoms with E-state index in [0.29, 0.717) is 5.56 Å². The average molecular weight is 345 g/mol. The van der Waals surface area contributed by atoms with E-state index in [1.54, 1.807) is 35.8 Å². The summed E-state index contributed by atoms with van der Waals surface area (Å²) in [6.07, 6.45) is 3.05. The van der Waals surface area contributed by atoms with Gasteiger partial charge >= 0.3 is 0 Å². The molecule has 0 saturated carbocycles. The van der Waals surface area contributed by atoms with Gasteiger partial charge in [-0.3, -0.25) is 9.78 Å². The van der Waals surface area contributed by atoms with Crippen LogP contribution in [0.1, 0.15) is 10.8 Å². The number of hydrogen-bond acceptors (Lipinski definition) is 5. The van der Waals surface area contributed by atoms with Crippen molar-refractivity contribution in [2.45, 2.75) is 9.46 Å². The lowest BCUT2D eigenvalue weighted by atomic mass is 10.2. The quantitative estimate of drug-likeness (QED) is 0.813. The Morgan fingerprint density at radius 1 is 1.38 bits per heavy atom. The fraction of sp³-hybridized carbons (Fsp3) is 0.231. The molecule has 1 atom stereocenters. The van der Waals surface area contributed by atoms with Crippen molar-refractivity contribution >= 4 is 38.7 Å². The largest absolute Gasteiger partial charge is 0.353 e. The van der Waals surface area contributed by atoms with Gasteiger partial charge in [-0.2, -0.15) is 0 Å². The summed E-state index contributed by atoms with van der Waals surface area (Å²) in [7, 11) is -3.59. The van der Waals surface area contributed by atoms with E-state index >= 15 is 0 Å². The van der Waals surface area contributed by atoms with Crippen LogP contribution in [-0.2, 0) is 14.6 Å². The van der Waals surface area contributed by atoms with Crippen molar-refractivity contribution in [3.05, 3.63) is 47.6 Å². The summed E-state index contributed by atoms with van der Waals surface area (Å²) in [5.74, 6) is -0.620. The van der Waals surface area contributed by atoms with Crippen molar-refractivity contribution in [2.75, 3.05) is 12.4 Å². The monoisotopic (exact) mass is 344 g/mol. The molecule has 8 heteroatoms. The number of thiophene rings is 1. The molecule has 2 rings (SSSR count). The number of nitrogens with zero attached hydrogens (tertiary/aromatic N) is 1. The minimum atomic E-state index is -3.59. The lowest BCUT2D eigenvalue weighted by molar-refractivity contribution is -0.118. The normalized spacial score (nSPS) is 12.8. The first-order chi connectivity index (χ1) is 10.1. The molecule has 0 radical (unpaired) electrons. The van der Waals surface area contributed by atoms with Crippen molar-refractivity contribution in [2.24, 2.45) is 0 Å². The van der Waals surface area contributed by atoms with E-state index in [4.69, 9.17) is 11.6 Å². The van der Waals surface area contributed by atoms with Crippen molar-refractivity contribution < 1.29 is 13.2 Å². The molecule has 0 spiro atoms. The molecular weight excluding hydrogens is 332 g/mol. The zero-order valence-corrected chi connectivity index (χ0v) is 13.3. The van der Waals surface area contributed by atoms with Gasteiger partial charge in [0.25, 0.3) is 0 Å². The van der Waals surface area contributed by atoms with Crippen LogP contribution < -0.4 is 5.32 Å². The molecule has 0 aliphatic rings. The number of carbonyl (C=O) groups is 1. The molecule has 0 saturated heterocycles. The second kappa shape index (κ2) is 7.02. The van der Waals surface area contributed by atoms with Crippen LogP contribution in [0.25, 0.3) is 0 Å². The first kappa shape index (κ1) is 15.9. The topological polar surface area (TPSA) is 76.1 Å². The molecule has 0 unspecified atom stereocenters. The first-order valence-corrected chi connectivity index (χ1v) is 9.01. The fourth-order valence-corrected chi connectivity index (χ4v) is 4.74. The molecule has 0 bridgehead atoms. The first-order valence-electron chi connectivity index (χ1n) is 6.05. The van der Waals surface area contributed by atoms with Gasteiger partial charge in [-0.1, -0.05) is 12.1 Å². The number of rotatable bonds is 6. The number of nitrogens with one attached hydrogen (secondary N) is 1. The SMILES string of the molecule is O=C(CCl)NC[C@@H](c1cccnc1)S(=O)(=O)c1cccs1. The highest BCUT2D eigenvalue weighted by Gasteiger charge is 2.30. The highest BCUT2D eigenvalue weighted by atomic mass is 35.5. The Morgan fingerprint density at radius 2 is 2.19 bits per heavy atom. The van der Waals surface area contributed by atoms with Gasteiger partial charge in [0.2, 0.25) is 5.91 Å². The second-order valence-electron chi connectivity index (χ2n) is 4.19. The second-order valence-corrected chi connectivity index (χ2v) is 7.76. The van der Waals surface area contributed by atoms with Crippen LogP contribution >= 0.6 is 22.9 Å². The van der Waals surface area contributed by atoms with Gasteiger partial charge < -0.3 is 5.32 Å². The smallest absolute Gasteiger partial charge is 0.234 e. The minimum absolute atomic E-state index is 0.0442. The highest BCUT2D eigenvalue weighted by molar-refractivity contribution is 7.93. The fourth-order valence-electron chi connectivity index (χ4n) is 1.79. The van der Waals surface area contributed by atoms with Crippen LogP contribution in [0.3, 0.4) is 0 Å². The van der Waals surface area contributed by atoms with Gasteiger partial charge in [0.1, 0.15) is 15.3 Å². The lowest BCUT2D eigenvalue weighted by Gasteiger charge is -2.17. The van der Waals surface area contributed by atoms with E-state index in [0.717, 1.165) is 11.3 Å². The van der Waals surface area contributed by atoms with Gasteiger partial charge in [0.15, 0.2) is 9.84 Å². The van der Waals surface area contributed by atoms with E-state index in [1.165, 1.54) is 6.20 Å². The third-order valence-electron chi connectivity index (χ3n) is 2.81. The number of alkyl halides is 1. The summed E-state index contributed by atoms with van der Waals surface area (Å²) >= 11 is 6.57. The van der Waals surface area contributed by atoms with Gasteiger partial charge in [0, 0.05) is 18.9 Å². The maximum absolute atomic E-state index is 12.7.